The Balaban J connectivity index is 1.72. The molecule has 1 heterocycles. The van der Waals surface area contributed by atoms with Gasteiger partial charge in [-0.15, -0.1) is 11.3 Å². The van der Waals surface area contributed by atoms with Crippen LogP contribution in [0.4, 0.5) is 19.6 Å². The van der Waals surface area contributed by atoms with E-state index in [1.807, 2.05) is 35.7 Å². The third-order valence-electron chi connectivity index (χ3n) is 3.10. The maximum atomic E-state index is 13.3. The molecule has 3 N–H and O–H groups in total. The molecule has 0 amide bonds. The van der Waals surface area contributed by atoms with Gasteiger partial charge in [0.15, 0.2) is 11.6 Å². The Morgan fingerprint density at radius 2 is 1.91 bits per heavy atom. The minimum Gasteiger partial charge on any atom is -0.396 e. The topological polar surface area (TPSA) is 63.3 Å². The van der Waals surface area contributed by atoms with E-state index in [-0.39, 0.29) is 11.3 Å². The molecule has 0 fully saturated rings. The van der Waals surface area contributed by atoms with Gasteiger partial charge < -0.3 is 5.73 Å². The highest BCUT2D eigenvalue weighted by Crippen LogP contribution is 2.24. The van der Waals surface area contributed by atoms with Crippen LogP contribution < -0.4 is 11.2 Å². The Kier molecular flexibility index (Phi) is 4.29. The fraction of sp³-hybridized carbons (Fsp3) is 0. The van der Waals surface area contributed by atoms with Gasteiger partial charge in [-0.2, -0.15) is 5.10 Å². The number of anilines is 2. The molecule has 4 nitrogen and oxygen atoms in total. The van der Waals surface area contributed by atoms with Gasteiger partial charge in [-0.05, 0) is 12.1 Å². The lowest BCUT2D eigenvalue weighted by Gasteiger charge is -2.02. The summed E-state index contributed by atoms with van der Waals surface area (Å²) in [5, 5.41) is 6.44. The third kappa shape index (κ3) is 3.35. The van der Waals surface area contributed by atoms with Gasteiger partial charge in [-0.1, -0.05) is 30.3 Å². The molecule has 3 aromatic rings. The molecule has 0 unspecified atom stereocenters. The van der Waals surface area contributed by atoms with Crippen LogP contribution in [0.25, 0.3) is 11.3 Å². The van der Waals surface area contributed by atoms with Gasteiger partial charge in [0, 0.05) is 16.5 Å². The lowest BCUT2D eigenvalue weighted by Crippen LogP contribution is -2.00. The van der Waals surface area contributed by atoms with E-state index in [4.69, 9.17) is 5.73 Å². The van der Waals surface area contributed by atoms with Crippen LogP contribution in [0.2, 0.25) is 0 Å². The van der Waals surface area contributed by atoms with Crippen molar-refractivity contribution in [3.8, 4) is 11.3 Å². The van der Waals surface area contributed by atoms with E-state index in [2.05, 4.69) is 15.5 Å². The molecule has 116 valence electrons. The fourth-order valence-corrected chi connectivity index (χ4v) is 2.59. The molecule has 3 rings (SSSR count). The zero-order chi connectivity index (χ0) is 16.2. The smallest absolute Gasteiger partial charge is 0.203 e. The van der Waals surface area contributed by atoms with E-state index in [1.165, 1.54) is 23.6 Å². The van der Waals surface area contributed by atoms with Crippen LogP contribution in [-0.4, -0.2) is 11.2 Å². The summed E-state index contributed by atoms with van der Waals surface area (Å²) in [5.74, 6) is -2.06. The maximum Gasteiger partial charge on any atom is 0.203 e. The first kappa shape index (κ1) is 15.1. The molecular formula is C16H12F2N4S. The van der Waals surface area contributed by atoms with Crippen molar-refractivity contribution >= 4 is 28.4 Å². The Morgan fingerprint density at radius 3 is 2.70 bits per heavy atom. The van der Waals surface area contributed by atoms with Crippen LogP contribution in [-0.2, 0) is 0 Å². The number of hydrogen-bond donors (Lipinski definition) is 2. The summed E-state index contributed by atoms with van der Waals surface area (Å²) in [6.45, 7) is 0. The molecule has 0 atom stereocenters. The van der Waals surface area contributed by atoms with E-state index in [9.17, 15) is 8.78 Å². The van der Waals surface area contributed by atoms with E-state index >= 15 is 0 Å². The van der Waals surface area contributed by atoms with E-state index in [0.717, 1.165) is 17.3 Å². The molecule has 0 saturated heterocycles. The molecule has 23 heavy (non-hydrogen) atoms. The lowest BCUT2D eigenvalue weighted by molar-refractivity contribution is 0.512. The van der Waals surface area contributed by atoms with Gasteiger partial charge in [0.1, 0.15) is 0 Å². The summed E-state index contributed by atoms with van der Waals surface area (Å²) in [4.78, 5) is 4.39. The molecule has 0 aliphatic heterocycles. The minimum atomic E-state index is -1.07. The number of hydrazone groups is 1. The Morgan fingerprint density at radius 1 is 1.13 bits per heavy atom. The number of nitrogens with one attached hydrogen (secondary N) is 1. The predicted molar refractivity (Wildman–Crippen MR) is 89.5 cm³/mol. The largest absolute Gasteiger partial charge is 0.396 e. The van der Waals surface area contributed by atoms with E-state index in [0.29, 0.717) is 5.13 Å². The zero-order valence-corrected chi connectivity index (χ0v) is 12.6. The van der Waals surface area contributed by atoms with Crippen LogP contribution in [0.3, 0.4) is 0 Å². The molecule has 0 aliphatic carbocycles. The summed E-state index contributed by atoms with van der Waals surface area (Å²) >= 11 is 1.39. The molecule has 0 saturated carbocycles. The quantitative estimate of drug-likeness (QED) is 0.430. The first-order valence-electron chi connectivity index (χ1n) is 6.68. The van der Waals surface area contributed by atoms with Crippen molar-refractivity contribution in [1.29, 1.82) is 0 Å². The standard InChI is InChI=1S/C16H12F2N4S/c17-12-7-6-11(15(19)14(12)18)8-20-22-16-21-13(9-23-16)10-4-2-1-3-5-10/h1-9H,19H2,(H,21,22). The van der Waals surface area contributed by atoms with Crippen LogP contribution in [0.5, 0.6) is 0 Å². The number of rotatable bonds is 4. The van der Waals surface area contributed by atoms with Crippen LogP contribution >= 0.6 is 11.3 Å². The summed E-state index contributed by atoms with van der Waals surface area (Å²) in [5.41, 5.74) is 10.1. The van der Waals surface area contributed by atoms with Gasteiger partial charge in [0.2, 0.25) is 5.13 Å². The number of halogens is 2. The number of aromatic nitrogens is 1. The Hall–Kier alpha value is -2.80. The highest BCUT2D eigenvalue weighted by molar-refractivity contribution is 7.14. The summed E-state index contributed by atoms with van der Waals surface area (Å²) in [6, 6.07) is 12.1. The minimum absolute atomic E-state index is 0.278. The number of nitrogens with two attached hydrogens (primary N) is 1. The van der Waals surface area contributed by atoms with Gasteiger partial charge in [-0.25, -0.2) is 13.8 Å². The number of hydrogen-bond acceptors (Lipinski definition) is 5. The summed E-state index contributed by atoms with van der Waals surface area (Å²) < 4.78 is 26.3. The predicted octanol–water partition coefficient (Wildman–Crippen LogP) is 4.12. The average molecular weight is 330 g/mol. The average Bonchev–Trinajstić information content (AvgIpc) is 3.05. The molecule has 1 aromatic heterocycles. The van der Waals surface area contributed by atoms with Crippen LogP contribution in [0.15, 0.2) is 52.9 Å². The fourth-order valence-electron chi connectivity index (χ4n) is 1.92. The van der Waals surface area contributed by atoms with Crippen molar-refractivity contribution in [1.82, 2.24) is 4.98 Å². The highest BCUT2D eigenvalue weighted by atomic mass is 32.1. The molecule has 7 heteroatoms. The number of thiazole rings is 1. The van der Waals surface area contributed by atoms with E-state index in [1.54, 1.807) is 0 Å². The van der Waals surface area contributed by atoms with Gasteiger partial charge in [0.25, 0.3) is 0 Å². The Bertz CT molecular complexity index is 847. The van der Waals surface area contributed by atoms with Crippen molar-refractivity contribution in [3.05, 3.63) is 65.0 Å². The van der Waals surface area contributed by atoms with Gasteiger partial charge >= 0.3 is 0 Å². The maximum absolute atomic E-state index is 13.3. The van der Waals surface area contributed by atoms with E-state index < -0.39 is 11.6 Å². The third-order valence-corrected chi connectivity index (χ3v) is 3.85. The number of benzene rings is 2. The summed E-state index contributed by atoms with van der Waals surface area (Å²) in [6.07, 6.45) is 1.32. The van der Waals surface area contributed by atoms with Gasteiger partial charge in [0.05, 0.1) is 17.6 Å². The molecule has 2 aromatic carbocycles. The van der Waals surface area contributed by atoms with Crippen molar-refractivity contribution in [2.45, 2.75) is 0 Å². The Labute approximate surface area is 135 Å². The monoisotopic (exact) mass is 330 g/mol. The van der Waals surface area contributed by atoms with Crippen molar-refractivity contribution in [3.63, 3.8) is 0 Å². The first-order chi connectivity index (χ1) is 11.1. The highest BCUT2D eigenvalue weighted by Gasteiger charge is 2.09. The van der Waals surface area contributed by atoms with Gasteiger partial charge in [-0.3, -0.25) is 5.43 Å². The molecule has 0 bridgehead atoms. The second kappa shape index (κ2) is 6.53. The second-order valence-corrected chi connectivity index (χ2v) is 5.50. The van der Waals surface area contributed by atoms with Crippen molar-refractivity contribution in [2.24, 2.45) is 5.10 Å². The van der Waals surface area contributed by atoms with Crippen LogP contribution in [0.1, 0.15) is 5.56 Å². The molecular weight excluding hydrogens is 318 g/mol. The zero-order valence-electron chi connectivity index (χ0n) is 11.8. The van der Waals surface area contributed by atoms with Crippen LogP contribution in [0, 0.1) is 11.6 Å². The molecule has 0 spiro atoms. The molecule has 0 aliphatic rings. The lowest BCUT2D eigenvalue weighted by atomic mass is 10.2. The molecule has 0 radical (unpaired) electrons. The van der Waals surface area contributed by atoms with Crippen molar-refractivity contribution < 1.29 is 8.78 Å². The number of nitrogen functional groups attached to an aromatic ring is 1. The van der Waals surface area contributed by atoms with Crippen molar-refractivity contribution in [2.75, 3.05) is 11.2 Å². The first-order valence-corrected chi connectivity index (χ1v) is 7.56. The second-order valence-electron chi connectivity index (χ2n) is 4.64. The normalized spacial score (nSPS) is 11.0. The number of nitrogens with zero attached hydrogens (tertiary/aromatic N) is 2. The SMILES string of the molecule is Nc1c(C=NNc2nc(-c3ccccc3)cs2)ccc(F)c1F. The summed E-state index contributed by atoms with van der Waals surface area (Å²) in [7, 11) is 0.